The summed E-state index contributed by atoms with van der Waals surface area (Å²) in [6.07, 6.45) is 1.61. The molecule has 2 aromatic heterocycles. The van der Waals surface area contributed by atoms with Crippen LogP contribution >= 0.6 is 0 Å². The van der Waals surface area contributed by atoms with Gasteiger partial charge in [-0.05, 0) is 30.2 Å². The van der Waals surface area contributed by atoms with Gasteiger partial charge in [0, 0.05) is 31.3 Å². The summed E-state index contributed by atoms with van der Waals surface area (Å²) in [4.78, 5) is 12.2. The van der Waals surface area contributed by atoms with Crippen molar-refractivity contribution in [1.82, 2.24) is 24.5 Å². The average molecular weight is 372 g/mol. The maximum atomic E-state index is 12.4. The number of hydrogen-bond donors (Lipinski definition) is 1. The highest BCUT2D eigenvalue weighted by atomic mass is 19.3. The minimum absolute atomic E-state index is 0.0961. The van der Waals surface area contributed by atoms with Crippen LogP contribution in [0, 0.1) is 0 Å². The maximum absolute atomic E-state index is 12.4. The van der Waals surface area contributed by atoms with Crippen molar-refractivity contribution in [2.75, 3.05) is 5.32 Å². The molecule has 0 fully saturated rings. The first-order valence-corrected chi connectivity index (χ1v) is 8.71. The maximum Gasteiger partial charge on any atom is 0.276 e. The highest BCUT2D eigenvalue weighted by molar-refractivity contribution is 6.02. The van der Waals surface area contributed by atoms with Crippen molar-refractivity contribution < 1.29 is 13.6 Å². The summed E-state index contributed by atoms with van der Waals surface area (Å²) < 4.78 is 27.9. The number of nitrogens with zero attached hydrogens (tertiary/aromatic N) is 5. The summed E-state index contributed by atoms with van der Waals surface area (Å²) in [6.45, 7) is 0.429. The summed E-state index contributed by atoms with van der Waals surface area (Å²) in [5.41, 5.74) is 1.77. The zero-order valence-electron chi connectivity index (χ0n) is 14.5. The molecule has 1 amide bonds. The van der Waals surface area contributed by atoms with Gasteiger partial charge in [0.25, 0.3) is 12.3 Å². The molecule has 27 heavy (non-hydrogen) atoms. The second-order valence-corrected chi connectivity index (χ2v) is 6.43. The molecule has 1 N–H and O–H groups in total. The Bertz CT molecular complexity index is 947. The quantitative estimate of drug-likeness (QED) is 0.721. The third kappa shape index (κ3) is 3.86. The third-order valence-corrected chi connectivity index (χ3v) is 4.46. The minimum Gasteiger partial charge on any atom is -0.321 e. The second kappa shape index (κ2) is 7.26. The van der Waals surface area contributed by atoms with E-state index in [4.69, 9.17) is 0 Å². The normalized spacial score (nSPS) is 13.1. The molecule has 0 saturated heterocycles. The number of anilines is 1. The fraction of sp³-hybridized carbons (Fsp3) is 0.333. The Morgan fingerprint density at radius 3 is 2.78 bits per heavy atom. The number of carbonyl (C=O) groups is 1. The van der Waals surface area contributed by atoms with Crippen molar-refractivity contribution in [3.8, 4) is 0 Å². The molecular weight excluding hydrogens is 354 g/mol. The van der Waals surface area contributed by atoms with Gasteiger partial charge in [-0.3, -0.25) is 9.48 Å². The Balaban J connectivity index is 1.38. The zero-order valence-corrected chi connectivity index (χ0v) is 14.5. The number of rotatable bonds is 6. The molecule has 0 bridgehead atoms. The molecule has 1 aliphatic heterocycles. The first kappa shape index (κ1) is 17.3. The lowest BCUT2D eigenvalue weighted by Gasteiger charge is -2.06. The molecule has 3 aromatic rings. The van der Waals surface area contributed by atoms with E-state index in [1.807, 2.05) is 12.1 Å². The molecule has 1 aromatic carbocycles. The number of aryl methyl sites for hydroxylation is 1. The highest BCUT2D eigenvalue weighted by Crippen LogP contribution is 2.18. The van der Waals surface area contributed by atoms with Crippen LogP contribution in [0.2, 0.25) is 0 Å². The standard InChI is InChI=1S/C18H18F2N6O/c19-15(20)11-25-9-7-14(24-25)18(27)21-13-5-3-12(4-6-13)10-17-23-22-16-2-1-8-26(16)17/h3-7,9,15H,1-2,8,10-11H2,(H,21,27). The van der Waals surface area contributed by atoms with Crippen LogP contribution in [0.5, 0.6) is 0 Å². The monoisotopic (exact) mass is 372 g/mol. The molecule has 140 valence electrons. The van der Waals surface area contributed by atoms with Gasteiger partial charge in [0.05, 0.1) is 0 Å². The van der Waals surface area contributed by atoms with Gasteiger partial charge < -0.3 is 9.88 Å². The van der Waals surface area contributed by atoms with Crippen LogP contribution in [0.4, 0.5) is 14.5 Å². The molecule has 0 radical (unpaired) electrons. The summed E-state index contributed by atoms with van der Waals surface area (Å²) in [5, 5.41) is 15.0. The smallest absolute Gasteiger partial charge is 0.276 e. The minimum atomic E-state index is -2.51. The van der Waals surface area contributed by atoms with E-state index < -0.39 is 18.9 Å². The predicted octanol–water partition coefficient (Wildman–Crippen LogP) is 2.53. The van der Waals surface area contributed by atoms with E-state index >= 15 is 0 Å². The van der Waals surface area contributed by atoms with Gasteiger partial charge in [-0.2, -0.15) is 5.10 Å². The first-order valence-electron chi connectivity index (χ1n) is 8.71. The molecule has 0 spiro atoms. The Hall–Kier alpha value is -3.10. The van der Waals surface area contributed by atoms with E-state index in [0.29, 0.717) is 12.1 Å². The number of aromatic nitrogens is 5. The van der Waals surface area contributed by atoms with Crippen LogP contribution in [0.3, 0.4) is 0 Å². The van der Waals surface area contributed by atoms with Gasteiger partial charge in [-0.1, -0.05) is 12.1 Å². The van der Waals surface area contributed by atoms with Crippen molar-refractivity contribution in [3.05, 3.63) is 59.4 Å². The SMILES string of the molecule is O=C(Nc1ccc(Cc2nnc3n2CCC3)cc1)c1ccn(CC(F)F)n1. The number of benzene rings is 1. The van der Waals surface area contributed by atoms with Crippen molar-refractivity contribution in [2.45, 2.75) is 38.8 Å². The predicted molar refractivity (Wildman–Crippen MR) is 93.8 cm³/mol. The van der Waals surface area contributed by atoms with E-state index in [0.717, 1.165) is 41.3 Å². The number of carbonyl (C=O) groups excluding carboxylic acids is 1. The molecular formula is C18H18F2N6O. The van der Waals surface area contributed by atoms with Crippen molar-refractivity contribution in [2.24, 2.45) is 0 Å². The molecule has 0 aliphatic carbocycles. The number of nitrogens with one attached hydrogen (secondary N) is 1. The largest absolute Gasteiger partial charge is 0.321 e. The van der Waals surface area contributed by atoms with E-state index in [1.165, 1.54) is 12.3 Å². The third-order valence-electron chi connectivity index (χ3n) is 4.46. The van der Waals surface area contributed by atoms with E-state index in [1.54, 1.807) is 12.1 Å². The Morgan fingerprint density at radius 2 is 2.00 bits per heavy atom. The molecule has 9 heteroatoms. The summed E-state index contributed by atoms with van der Waals surface area (Å²) in [6, 6.07) is 8.84. The molecule has 0 saturated carbocycles. The van der Waals surface area contributed by atoms with Crippen LogP contribution < -0.4 is 5.32 Å². The van der Waals surface area contributed by atoms with E-state index in [9.17, 15) is 13.6 Å². The summed E-state index contributed by atoms with van der Waals surface area (Å²) >= 11 is 0. The zero-order chi connectivity index (χ0) is 18.8. The number of halogens is 2. The van der Waals surface area contributed by atoms with Crippen LogP contribution in [0.15, 0.2) is 36.5 Å². The lowest BCUT2D eigenvalue weighted by Crippen LogP contribution is -2.14. The van der Waals surface area contributed by atoms with Crippen LogP contribution in [0.25, 0.3) is 0 Å². The van der Waals surface area contributed by atoms with E-state index in [2.05, 4.69) is 25.2 Å². The van der Waals surface area contributed by atoms with Gasteiger partial charge in [-0.15, -0.1) is 10.2 Å². The lowest BCUT2D eigenvalue weighted by molar-refractivity contribution is 0.101. The number of fused-ring (bicyclic) bond motifs is 1. The molecule has 0 unspecified atom stereocenters. The average Bonchev–Trinajstić information content (AvgIpc) is 3.35. The Kier molecular flexibility index (Phi) is 4.66. The van der Waals surface area contributed by atoms with Crippen LogP contribution in [-0.4, -0.2) is 36.9 Å². The van der Waals surface area contributed by atoms with Gasteiger partial charge in [0.1, 0.15) is 18.2 Å². The second-order valence-electron chi connectivity index (χ2n) is 6.43. The molecule has 3 heterocycles. The molecule has 4 rings (SSSR count). The fourth-order valence-corrected chi connectivity index (χ4v) is 3.15. The molecule has 0 atom stereocenters. The molecule has 7 nitrogen and oxygen atoms in total. The van der Waals surface area contributed by atoms with Crippen molar-refractivity contribution in [3.63, 3.8) is 0 Å². The van der Waals surface area contributed by atoms with Gasteiger partial charge in [0.2, 0.25) is 0 Å². The number of amides is 1. The summed E-state index contributed by atoms with van der Waals surface area (Å²) in [7, 11) is 0. The Morgan fingerprint density at radius 1 is 1.19 bits per heavy atom. The molecule has 1 aliphatic rings. The topological polar surface area (TPSA) is 77.6 Å². The van der Waals surface area contributed by atoms with Gasteiger partial charge in [-0.25, -0.2) is 8.78 Å². The number of alkyl halides is 2. The fourth-order valence-electron chi connectivity index (χ4n) is 3.15. The van der Waals surface area contributed by atoms with Gasteiger partial charge in [0.15, 0.2) is 5.69 Å². The lowest BCUT2D eigenvalue weighted by atomic mass is 10.1. The van der Waals surface area contributed by atoms with Crippen molar-refractivity contribution in [1.29, 1.82) is 0 Å². The Labute approximate surface area is 154 Å². The van der Waals surface area contributed by atoms with Crippen LogP contribution in [-0.2, 0) is 25.9 Å². The van der Waals surface area contributed by atoms with Crippen molar-refractivity contribution >= 4 is 11.6 Å². The van der Waals surface area contributed by atoms with Crippen LogP contribution in [0.1, 0.15) is 34.1 Å². The first-order chi connectivity index (χ1) is 13.1. The van der Waals surface area contributed by atoms with E-state index in [-0.39, 0.29) is 5.69 Å². The number of hydrogen-bond acceptors (Lipinski definition) is 4. The summed E-state index contributed by atoms with van der Waals surface area (Å²) in [5.74, 6) is 1.55. The van der Waals surface area contributed by atoms with Gasteiger partial charge >= 0.3 is 0 Å². The highest BCUT2D eigenvalue weighted by Gasteiger charge is 2.17.